The van der Waals surface area contributed by atoms with Crippen LogP contribution in [0.15, 0.2) is 36.5 Å². The molecule has 0 aliphatic carbocycles. The molecule has 4 nitrogen and oxygen atoms in total. The predicted molar refractivity (Wildman–Crippen MR) is 82.7 cm³/mol. The van der Waals surface area contributed by atoms with E-state index in [1.165, 1.54) is 0 Å². The van der Waals surface area contributed by atoms with Crippen molar-refractivity contribution in [1.82, 2.24) is 14.5 Å². The summed E-state index contributed by atoms with van der Waals surface area (Å²) in [5.74, 6) is 0.937. The van der Waals surface area contributed by atoms with Crippen LogP contribution < -0.4 is 0 Å². The van der Waals surface area contributed by atoms with Crippen LogP contribution in [0.5, 0.6) is 0 Å². The molecule has 21 heavy (non-hydrogen) atoms. The molecule has 0 spiro atoms. The summed E-state index contributed by atoms with van der Waals surface area (Å²) in [6.07, 6.45) is 2.84. The number of nitrogens with zero attached hydrogens (tertiary/aromatic N) is 4. The molecule has 2 aromatic heterocycles. The zero-order valence-electron chi connectivity index (χ0n) is 12.2. The Labute approximate surface area is 123 Å². The van der Waals surface area contributed by atoms with Gasteiger partial charge in [-0.15, -0.1) is 0 Å². The fourth-order valence-corrected chi connectivity index (χ4v) is 2.55. The first-order chi connectivity index (χ1) is 10.2. The highest BCUT2D eigenvalue weighted by Crippen LogP contribution is 2.26. The summed E-state index contributed by atoms with van der Waals surface area (Å²) in [7, 11) is 0. The van der Waals surface area contributed by atoms with Crippen molar-refractivity contribution in [3.63, 3.8) is 0 Å². The summed E-state index contributed by atoms with van der Waals surface area (Å²) < 4.78 is 2.21. The minimum absolute atomic E-state index is 0.640. The van der Waals surface area contributed by atoms with Gasteiger partial charge in [-0.1, -0.05) is 6.92 Å². The SMILES string of the molecule is CCCn1c(-c2ccnc(C)c2)nc2cc(C#N)ccc21. The fraction of sp³-hybridized carbons (Fsp3) is 0.235. The predicted octanol–water partition coefficient (Wildman–Crippen LogP) is 3.69. The lowest BCUT2D eigenvalue weighted by atomic mass is 10.2. The number of fused-ring (bicyclic) bond motifs is 1. The summed E-state index contributed by atoms with van der Waals surface area (Å²) in [6.45, 7) is 5.03. The summed E-state index contributed by atoms with van der Waals surface area (Å²) in [4.78, 5) is 8.98. The monoisotopic (exact) mass is 276 g/mol. The van der Waals surface area contributed by atoms with Crippen molar-refractivity contribution in [1.29, 1.82) is 5.26 Å². The summed E-state index contributed by atoms with van der Waals surface area (Å²) in [5.41, 5.74) is 4.61. The molecule has 0 saturated carbocycles. The van der Waals surface area contributed by atoms with Gasteiger partial charge in [0.15, 0.2) is 0 Å². The van der Waals surface area contributed by atoms with E-state index in [2.05, 4.69) is 22.5 Å². The highest BCUT2D eigenvalue weighted by molar-refractivity contribution is 5.82. The highest BCUT2D eigenvalue weighted by atomic mass is 15.1. The normalized spacial score (nSPS) is 10.7. The molecule has 0 aliphatic heterocycles. The molecular formula is C17H16N4. The molecule has 4 heteroatoms. The van der Waals surface area contributed by atoms with Crippen molar-refractivity contribution in [2.24, 2.45) is 0 Å². The Morgan fingerprint density at radius 2 is 2.10 bits per heavy atom. The second-order valence-corrected chi connectivity index (χ2v) is 5.09. The third-order valence-electron chi connectivity index (χ3n) is 3.48. The quantitative estimate of drug-likeness (QED) is 0.733. The number of benzene rings is 1. The maximum atomic E-state index is 9.04. The number of nitriles is 1. The molecule has 3 aromatic rings. The van der Waals surface area contributed by atoms with Gasteiger partial charge < -0.3 is 4.57 Å². The number of rotatable bonds is 3. The second kappa shape index (κ2) is 5.37. The number of hydrogen-bond donors (Lipinski definition) is 0. The smallest absolute Gasteiger partial charge is 0.141 e. The van der Waals surface area contributed by atoms with E-state index in [4.69, 9.17) is 10.2 Å². The van der Waals surface area contributed by atoms with Crippen LogP contribution in [0.1, 0.15) is 24.6 Å². The van der Waals surface area contributed by atoms with E-state index < -0.39 is 0 Å². The summed E-state index contributed by atoms with van der Waals surface area (Å²) in [6, 6.07) is 11.9. The zero-order chi connectivity index (χ0) is 14.8. The first-order valence-corrected chi connectivity index (χ1v) is 7.06. The number of aromatic nitrogens is 3. The van der Waals surface area contributed by atoms with E-state index in [1.54, 1.807) is 6.20 Å². The van der Waals surface area contributed by atoms with Crippen LogP contribution in [0, 0.1) is 18.3 Å². The third kappa shape index (κ3) is 2.38. The van der Waals surface area contributed by atoms with Gasteiger partial charge >= 0.3 is 0 Å². The molecule has 2 heterocycles. The van der Waals surface area contributed by atoms with Crippen molar-refractivity contribution in [2.45, 2.75) is 26.8 Å². The topological polar surface area (TPSA) is 54.5 Å². The molecule has 104 valence electrons. The first kappa shape index (κ1) is 13.3. The number of hydrogen-bond acceptors (Lipinski definition) is 3. The van der Waals surface area contributed by atoms with Crippen molar-refractivity contribution in [3.8, 4) is 17.5 Å². The second-order valence-electron chi connectivity index (χ2n) is 5.09. The Hall–Kier alpha value is -2.67. The van der Waals surface area contributed by atoms with E-state index in [-0.39, 0.29) is 0 Å². The van der Waals surface area contributed by atoms with Gasteiger partial charge in [0.25, 0.3) is 0 Å². The number of pyridine rings is 1. The van der Waals surface area contributed by atoms with E-state index in [0.717, 1.165) is 41.1 Å². The van der Waals surface area contributed by atoms with Crippen LogP contribution in [0.4, 0.5) is 0 Å². The van der Waals surface area contributed by atoms with Crippen LogP contribution in [0.3, 0.4) is 0 Å². The highest BCUT2D eigenvalue weighted by Gasteiger charge is 2.12. The molecule has 0 radical (unpaired) electrons. The van der Waals surface area contributed by atoms with Crippen molar-refractivity contribution in [3.05, 3.63) is 47.8 Å². The van der Waals surface area contributed by atoms with Crippen molar-refractivity contribution in [2.75, 3.05) is 0 Å². The Kier molecular flexibility index (Phi) is 3.41. The average molecular weight is 276 g/mol. The molecule has 3 rings (SSSR count). The van der Waals surface area contributed by atoms with E-state index >= 15 is 0 Å². The standard InChI is InChI=1S/C17H16N4/c1-3-8-21-16-5-4-13(11-18)10-15(16)20-17(21)14-6-7-19-12(2)9-14/h4-7,9-10H,3,8H2,1-2H3. The zero-order valence-corrected chi connectivity index (χ0v) is 12.2. The van der Waals surface area contributed by atoms with E-state index in [9.17, 15) is 0 Å². The molecule has 0 bridgehead atoms. The van der Waals surface area contributed by atoms with Gasteiger partial charge in [-0.2, -0.15) is 5.26 Å². The maximum absolute atomic E-state index is 9.04. The van der Waals surface area contributed by atoms with Gasteiger partial charge in [-0.3, -0.25) is 4.98 Å². The molecule has 0 saturated heterocycles. The largest absolute Gasteiger partial charge is 0.324 e. The maximum Gasteiger partial charge on any atom is 0.141 e. The minimum atomic E-state index is 0.640. The molecule has 0 fully saturated rings. The van der Waals surface area contributed by atoms with Crippen LogP contribution in [0.2, 0.25) is 0 Å². The Morgan fingerprint density at radius 1 is 1.24 bits per heavy atom. The lowest BCUT2D eigenvalue weighted by Crippen LogP contribution is -2.00. The molecular weight excluding hydrogens is 260 g/mol. The Bertz CT molecular complexity index is 840. The van der Waals surface area contributed by atoms with Gasteiger partial charge in [-0.05, 0) is 43.7 Å². The molecule has 0 aliphatic rings. The van der Waals surface area contributed by atoms with Crippen LogP contribution >= 0.6 is 0 Å². The molecule has 0 atom stereocenters. The molecule has 0 unspecified atom stereocenters. The van der Waals surface area contributed by atoms with E-state index in [0.29, 0.717) is 5.56 Å². The Morgan fingerprint density at radius 3 is 2.81 bits per heavy atom. The fourth-order valence-electron chi connectivity index (χ4n) is 2.55. The first-order valence-electron chi connectivity index (χ1n) is 7.06. The number of imidazole rings is 1. The van der Waals surface area contributed by atoms with E-state index in [1.807, 2.05) is 37.3 Å². The van der Waals surface area contributed by atoms with Crippen LogP contribution in [0.25, 0.3) is 22.4 Å². The summed E-state index contributed by atoms with van der Waals surface area (Å²) >= 11 is 0. The lowest BCUT2D eigenvalue weighted by Gasteiger charge is -2.08. The van der Waals surface area contributed by atoms with Crippen LogP contribution in [-0.4, -0.2) is 14.5 Å². The van der Waals surface area contributed by atoms with Gasteiger partial charge in [0.1, 0.15) is 5.82 Å². The average Bonchev–Trinajstić information content (AvgIpc) is 2.85. The third-order valence-corrected chi connectivity index (χ3v) is 3.48. The lowest BCUT2D eigenvalue weighted by molar-refractivity contribution is 0.704. The van der Waals surface area contributed by atoms with Gasteiger partial charge in [0.05, 0.1) is 22.7 Å². The molecule has 0 amide bonds. The molecule has 1 aromatic carbocycles. The van der Waals surface area contributed by atoms with Gasteiger partial charge in [0.2, 0.25) is 0 Å². The number of aryl methyl sites for hydroxylation is 2. The Balaban J connectivity index is 2.26. The van der Waals surface area contributed by atoms with Crippen molar-refractivity contribution < 1.29 is 0 Å². The van der Waals surface area contributed by atoms with Gasteiger partial charge in [0, 0.05) is 24.0 Å². The van der Waals surface area contributed by atoms with Gasteiger partial charge in [-0.25, -0.2) is 4.98 Å². The molecule has 0 N–H and O–H groups in total. The van der Waals surface area contributed by atoms with Crippen LogP contribution in [-0.2, 0) is 6.54 Å². The summed E-state index contributed by atoms with van der Waals surface area (Å²) in [5, 5.41) is 9.04. The minimum Gasteiger partial charge on any atom is -0.324 e. The van der Waals surface area contributed by atoms with Crippen molar-refractivity contribution >= 4 is 11.0 Å².